The van der Waals surface area contributed by atoms with Crippen LogP contribution >= 0.6 is 0 Å². The summed E-state index contributed by atoms with van der Waals surface area (Å²) in [5.74, 6) is -1.01. The van der Waals surface area contributed by atoms with Crippen molar-refractivity contribution in [3.05, 3.63) is 35.8 Å². The Hall–Kier alpha value is -2.05. The van der Waals surface area contributed by atoms with Gasteiger partial charge < -0.3 is 5.11 Å². The van der Waals surface area contributed by atoms with Crippen molar-refractivity contribution in [3.8, 4) is 17.0 Å². The molecule has 0 amide bonds. The number of nitrogens with one attached hydrogen (secondary N) is 1. The van der Waals surface area contributed by atoms with E-state index in [1.165, 1.54) is 0 Å². The van der Waals surface area contributed by atoms with Crippen molar-refractivity contribution in [1.82, 2.24) is 10.2 Å². The molecule has 3 nitrogen and oxygen atoms in total. The summed E-state index contributed by atoms with van der Waals surface area (Å²) in [6, 6.07) is 3.66. The van der Waals surface area contributed by atoms with E-state index in [1.54, 1.807) is 5.10 Å². The molecule has 2 rings (SSSR count). The number of nitrogens with zero attached hydrogens (tertiary/aromatic N) is 1. The second-order valence-corrected chi connectivity index (χ2v) is 3.33. The minimum absolute atomic E-state index is 0.100. The monoisotopic (exact) mass is 246 g/mol. The number of hydrogen-bond donors (Lipinski definition) is 2. The lowest BCUT2D eigenvalue weighted by Gasteiger charge is -2.01. The molecule has 90 valence electrons. The number of benzene rings is 1. The van der Waals surface area contributed by atoms with Gasteiger partial charge in [-0.15, -0.1) is 0 Å². The summed E-state index contributed by atoms with van der Waals surface area (Å²) in [5, 5.41) is 14.6. The van der Waals surface area contributed by atoms with Crippen LogP contribution in [0.3, 0.4) is 0 Å². The van der Waals surface area contributed by atoms with Crippen LogP contribution in [0.25, 0.3) is 11.3 Å². The number of hydrogen-bond acceptors (Lipinski definition) is 2. The maximum Gasteiger partial charge on any atom is 0.432 e. The van der Waals surface area contributed by atoms with Crippen molar-refractivity contribution in [2.45, 2.75) is 6.18 Å². The van der Waals surface area contributed by atoms with E-state index >= 15 is 0 Å². The molecule has 0 unspecified atom stereocenters. The minimum Gasteiger partial charge on any atom is -0.507 e. The number of aromatic nitrogens is 2. The normalized spacial score (nSPS) is 11.8. The molecule has 0 fully saturated rings. The lowest BCUT2D eigenvalue weighted by atomic mass is 10.1. The zero-order valence-electron chi connectivity index (χ0n) is 8.22. The topological polar surface area (TPSA) is 48.9 Å². The summed E-state index contributed by atoms with van der Waals surface area (Å²) in [6.45, 7) is 0. The Morgan fingerprint density at radius 2 is 1.88 bits per heavy atom. The molecule has 7 heteroatoms. The van der Waals surface area contributed by atoms with E-state index in [-0.39, 0.29) is 17.0 Å². The Balaban J connectivity index is 2.47. The van der Waals surface area contributed by atoms with E-state index < -0.39 is 17.7 Å². The van der Waals surface area contributed by atoms with Crippen LogP contribution in [0.4, 0.5) is 17.6 Å². The number of phenolic OH excluding ortho intramolecular Hbond substituents is 1. The van der Waals surface area contributed by atoms with Gasteiger partial charge in [-0.25, -0.2) is 4.39 Å². The number of aromatic amines is 1. The second kappa shape index (κ2) is 3.76. The zero-order valence-corrected chi connectivity index (χ0v) is 8.22. The van der Waals surface area contributed by atoms with Crippen molar-refractivity contribution in [2.24, 2.45) is 0 Å². The standard InChI is InChI=1S/C10H6F4N2O/c11-5-1-2-8(17)6(3-5)7-4-9(16-15-7)10(12,13)14/h1-4,17H,(H,15,16). The van der Waals surface area contributed by atoms with E-state index in [0.717, 1.165) is 18.2 Å². The van der Waals surface area contributed by atoms with E-state index in [0.29, 0.717) is 6.07 Å². The first-order valence-electron chi connectivity index (χ1n) is 4.49. The number of alkyl halides is 3. The Bertz CT molecular complexity index is 547. The third-order valence-electron chi connectivity index (χ3n) is 2.12. The molecule has 0 saturated carbocycles. The molecule has 0 aliphatic rings. The van der Waals surface area contributed by atoms with Crippen molar-refractivity contribution < 1.29 is 22.7 Å². The molecule has 17 heavy (non-hydrogen) atoms. The Morgan fingerprint density at radius 3 is 2.47 bits per heavy atom. The zero-order chi connectivity index (χ0) is 12.6. The van der Waals surface area contributed by atoms with Crippen molar-refractivity contribution in [2.75, 3.05) is 0 Å². The van der Waals surface area contributed by atoms with Gasteiger partial charge >= 0.3 is 6.18 Å². The molecular formula is C10H6F4N2O. The number of H-pyrrole nitrogens is 1. The largest absolute Gasteiger partial charge is 0.507 e. The Morgan fingerprint density at radius 1 is 1.18 bits per heavy atom. The maximum absolute atomic E-state index is 12.9. The van der Waals surface area contributed by atoms with Crippen LogP contribution in [0.1, 0.15) is 5.69 Å². The lowest BCUT2D eigenvalue weighted by Crippen LogP contribution is -2.04. The van der Waals surface area contributed by atoms with Gasteiger partial charge in [-0.3, -0.25) is 5.10 Å². The average Bonchev–Trinajstić information content (AvgIpc) is 2.70. The number of aromatic hydroxyl groups is 1. The van der Waals surface area contributed by atoms with Gasteiger partial charge in [-0.05, 0) is 24.3 Å². The van der Waals surface area contributed by atoms with Crippen LogP contribution in [0.2, 0.25) is 0 Å². The van der Waals surface area contributed by atoms with E-state index in [9.17, 15) is 22.7 Å². The van der Waals surface area contributed by atoms with Crippen molar-refractivity contribution in [3.63, 3.8) is 0 Å². The number of phenols is 1. The smallest absolute Gasteiger partial charge is 0.432 e. The first kappa shape index (κ1) is 11.4. The maximum atomic E-state index is 12.9. The van der Waals surface area contributed by atoms with Gasteiger partial charge in [-0.2, -0.15) is 18.3 Å². The molecule has 1 heterocycles. The van der Waals surface area contributed by atoms with Gasteiger partial charge in [0.25, 0.3) is 0 Å². The highest BCUT2D eigenvalue weighted by Crippen LogP contribution is 2.33. The van der Waals surface area contributed by atoms with Gasteiger partial charge in [0.05, 0.1) is 5.69 Å². The summed E-state index contributed by atoms with van der Waals surface area (Å²) in [6.07, 6.45) is -4.56. The molecule has 2 N–H and O–H groups in total. The lowest BCUT2D eigenvalue weighted by molar-refractivity contribution is -0.141. The molecule has 0 atom stereocenters. The van der Waals surface area contributed by atoms with Crippen LogP contribution in [0.15, 0.2) is 24.3 Å². The van der Waals surface area contributed by atoms with Crippen LogP contribution in [0, 0.1) is 5.82 Å². The average molecular weight is 246 g/mol. The fourth-order valence-corrected chi connectivity index (χ4v) is 1.32. The van der Waals surface area contributed by atoms with Gasteiger partial charge in [0.1, 0.15) is 17.3 Å². The second-order valence-electron chi connectivity index (χ2n) is 3.33. The Kier molecular flexibility index (Phi) is 2.53. The van der Waals surface area contributed by atoms with E-state index in [1.807, 2.05) is 0 Å². The molecule has 1 aromatic carbocycles. The fraction of sp³-hybridized carbons (Fsp3) is 0.100. The van der Waals surface area contributed by atoms with Gasteiger partial charge in [0.2, 0.25) is 0 Å². The molecule has 0 aliphatic carbocycles. The minimum atomic E-state index is -4.56. The molecule has 1 aromatic heterocycles. The van der Waals surface area contributed by atoms with E-state index in [4.69, 9.17) is 0 Å². The summed E-state index contributed by atoms with van der Waals surface area (Å²) in [4.78, 5) is 0. The van der Waals surface area contributed by atoms with Gasteiger partial charge in [0, 0.05) is 5.56 Å². The highest BCUT2D eigenvalue weighted by molar-refractivity contribution is 5.66. The predicted octanol–water partition coefficient (Wildman–Crippen LogP) is 2.94. The third kappa shape index (κ3) is 2.22. The van der Waals surface area contributed by atoms with Gasteiger partial charge in [0.15, 0.2) is 0 Å². The summed E-state index contributed by atoms with van der Waals surface area (Å²) in [5.41, 5.74) is -1.33. The van der Waals surface area contributed by atoms with Crippen LogP contribution < -0.4 is 0 Å². The highest BCUT2D eigenvalue weighted by Gasteiger charge is 2.33. The SMILES string of the molecule is Oc1ccc(F)cc1-c1cc(C(F)(F)F)[nH]n1. The van der Waals surface area contributed by atoms with Crippen LogP contribution in [-0.4, -0.2) is 15.3 Å². The summed E-state index contributed by atoms with van der Waals surface area (Å²) in [7, 11) is 0. The van der Waals surface area contributed by atoms with Crippen molar-refractivity contribution in [1.29, 1.82) is 0 Å². The molecule has 2 aromatic rings. The van der Waals surface area contributed by atoms with Crippen LogP contribution in [-0.2, 0) is 6.18 Å². The molecule has 0 spiro atoms. The number of halogens is 4. The predicted molar refractivity (Wildman–Crippen MR) is 50.6 cm³/mol. The summed E-state index contributed by atoms with van der Waals surface area (Å²) < 4.78 is 49.8. The molecular weight excluding hydrogens is 240 g/mol. The first-order chi connectivity index (χ1) is 7.88. The molecule has 0 aliphatic heterocycles. The molecule has 0 bridgehead atoms. The quantitative estimate of drug-likeness (QED) is 0.760. The third-order valence-corrected chi connectivity index (χ3v) is 2.12. The Labute approximate surface area is 92.7 Å². The fourth-order valence-electron chi connectivity index (χ4n) is 1.32. The summed E-state index contributed by atoms with van der Waals surface area (Å²) >= 11 is 0. The molecule has 0 saturated heterocycles. The van der Waals surface area contributed by atoms with Gasteiger partial charge in [-0.1, -0.05) is 0 Å². The van der Waals surface area contributed by atoms with Crippen LogP contribution in [0.5, 0.6) is 5.75 Å². The molecule has 0 radical (unpaired) electrons. The highest BCUT2D eigenvalue weighted by atomic mass is 19.4. The first-order valence-corrected chi connectivity index (χ1v) is 4.49. The number of rotatable bonds is 1. The van der Waals surface area contributed by atoms with Crippen molar-refractivity contribution >= 4 is 0 Å². The van der Waals surface area contributed by atoms with E-state index in [2.05, 4.69) is 5.10 Å².